The van der Waals surface area contributed by atoms with Gasteiger partial charge in [-0.2, -0.15) is 0 Å². The second kappa shape index (κ2) is 9.32. The molecule has 3 aromatic carbocycles. The molecular weight excluding hydrogens is 367 g/mol. The van der Waals surface area contributed by atoms with Crippen LogP contribution in [-0.2, 0) is 22.6 Å². The minimum absolute atomic E-state index is 0.0512. The molecule has 0 aliphatic rings. The van der Waals surface area contributed by atoms with Crippen LogP contribution in [0.1, 0.15) is 24.5 Å². The molecule has 0 saturated carbocycles. The molecule has 3 rings (SSSR count). The van der Waals surface area contributed by atoms with Crippen molar-refractivity contribution in [3.8, 4) is 0 Å². The van der Waals surface area contributed by atoms with Gasteiger partial charge in [0.05, 0.1) is 0 Å². The van der Waals surface area contributed by atoms with Gasteiger partial charge < -0.3 is 10.2 Å². The summed E-state index contributed by atoms with van der Waals surface area (Å²) < 4.78 is 14.1. The Morgan fingerprint density at radius 2 is 1.62 bits per heavy atom. The maximum atomic E-state index is 14.1. The Morgan fingerprint density at radius 1 is 0.966 bits per heavy atom. The number of hydrogen-bond donors (Lipinski definition) is 1. The topological polar surface area (TPSA) is 49.4 Å². The van der Waals surface area contributed by atoms with E-state index >= 15 is 0 Å². The van der Waals surface area contributed by atoms with E-state index in [1.54, 1.807) is 25.1 Å². The maximum absolute atomic E-state index is 14.1. The van der Waals surface area contributed by atoms with E-state index in [4.69, 9.17) is 0 Å². The van der Waals surface area contributed by atoms with Gasteiger partial charge in [-0.3, -0.25) is 9.59 Å². The van der Waals surface area contributed by atoms with Crippen LogP contribution in [0.25, 0.3) is 10.8 Å². The Hall–Kier alpha value is -3.21. The molecule has 0 saturated heterocycles. The molecule has 0 heterocycles. The average molecular weight is 392 g/mol. The fourth-order valence-electron chi connectivity index (χ4n) is 3.50. The van der Waals surface area contributed by atoms with Crippen molar-refractivity contribution in [1.29, 1.82) is 0 Å². The van der Waals surface area contributed by atoms with Gasteiger partial charge >= 0.3 is 0 Å². The molecule has 0 bridgehead atoms. The molecule has 1 atom stereocenters. The number of halogens is 1. The van der Waals surface area contributed by atoms with E-state index in [0.717, 1.165) is 16.3 Å². The maximum Gasteiger partial charge on any atom is 0.242 e. The first-order valence-electron chi connectivity index (χ1n) is 9.72. The van der Waals surface area contributed by atoms with Crippen LogP contribution < -0.4 is 5.32 Å². The number of aryl methyl sites for hydroxylation is 1. The highest BCUT2D eigenvalue weighted by atomic mass is 19.1. The predicted octanol–water partition coefficient (Wildman–Crippen LogP) is 4.07. The first-order chi connectivity index (χ1) is 14.0. The number of benzene rings is 3. The van der Waals surface area contributed by atoms with E-state index in [9.17, 15) is 14.0 Å². The van der Waals surface area contributed by atoms with Crippen molar-refractivity contribution in [1.82, 2.24) is 10.2 Å². The highest BCUT2D eigenvalue weighted by Crippen LogP contribution is 2.21. The van der Waals surface area contributed by atoms with E-state index in [-0.39, 0.29) is 30.6 Å². The normalized spacial score (nSPS) is 11.8. The summed E-state index contributed by atoms with van der Waals surface area (Å²) in [6.45, 7) is 1.71. The first kappa shape index (κ1) is 20.5. The zero-order chi connectivity index (χ0) is 20.8. The predicted molar refractivity (Wildman–Crippen MR) is 113 cm³/mol. The number of fused-ring (bicyclic) bond motifs is 1. The summed E-state index contributed by atoms with van der Waals surface area (Å²) in [6.07, 6.45) is 0.790. The fraction of sp³-hybridized carbons (Fsp3) is 0.250. The Labute approximate surface area is 170 Å². The molecular formula is C24H25FN2O2. The van der Waals surface area contributed by atoms with Crippen molar-refractivity contribution in [2.75, 3.05) is 7.05 Å². The van der Waals surface area contributed by atoms with Crippen molar-refractivity contribution in [2.45, 2.75) is 32.4 Å². The molecule has 0 fully saturated rings. The molecule has 1 N–H and O–H groups in total. The van der Waals surface area contributed by atoms with Gasteiger partial charge in [-0.25, -0.2) is 4.39 Å². The number of carbonyl (C=O) groups excluding carboxylic acids is 2. The Bertz CT molecular complexity index is 1010. The van der Waals surface area contributed by atoms with E-state index in [1.165, 1.54) is 18.0 Å². The zero-order valence-corrected chi connectivity index (χ0v) is 16.7. The second-order valence-electron chi connectivity index (χ2n) is 7.04. The van der Waals surface area contributed by atoms with Gasteiger partial charge in [0.25, 0.3) is 0 Å². The molecule has 0 radical (unpaired) electrons. The quantitative estimate of drug-likeness (QED) is 0.659. The third-order valence-electron chi connectivity index (χ3n) is 5.20. The lowest BCUT2D eigenvalue weighted by Crippen LogP contribution is -2.46. The largest absolute Gasteiger partial charge is 0.357 e. The van der Waals surface area contributed by atoms with Gasteiger partial charge in [0.15, 0.2) is 0 Å². The first-order valence-corrected chi connectivity index (χ1v) is 9.72. The van der Waals surface area contributed by atoms with Crippen LogP contribution in [0.15, 0.2) is 66.7 Å². The average Bonchev–Trinajstić information content (AvgIpc) is 2.75. The van der Waals surface area contributed by atoms with Crippen molar-refractivity contribution in [3.05, 3.63) is 83.7 Å². The molecule has 0 aromatic heterocycles. The lowest BCUT2D eigenvalue weighted by atomic mass is 10.0. The minimum Gasteiger partial charge on any atom is -0.357 e. The lowest BCUT2D eigenvalue weighted by molar-refractivity contribution is -0.140. The molecule has 5 heteroatoms. The van der Waals surface area contributed by atoms with E-state index in [2.05, 4.69) is 5.32 Å². The number of amides is 2. The summed E-state index contributed by atoms with van der Waals surface area (Å²) in [7, 11) is 1.53. The SMILES string of the molecule is CNC(=O)[C@@H](C)N(Cc1ccccc1F)C(=O)CCc1cccc2ccccc12. The molecule has 0 spiro atoms. The second-order valence-corrected chi connectivity index (χ2v) is 7.04. The summed E-state index contributed by atoms with van der Waals surface area (Å²) >= 11 is 0. The molecule has 2 amide bonds. The lowest BCUT2D eigenvalue weighted by Gasteiger charge is -2.28. The summed E-state index contributed by atoms with van der Waals surface area (Å²) in [5, 5.41) is 4.81. The van der Waals surface area contributed by atoms with Gasteiger partial charge in [0.2, 0.25) is 11.8 Å². The molecule has 0 unspecified atom stereocenters. The molecule has 150 valence electrons. The number of nitrogens with one attached hydrogen (secondary N) is 1. The Morgan fingerprint density at radius 3 is 2.38 bits per heavy atom. The summed E-state index contributed by atoms with van der Waals surface area (Å²) in [6, 6.07) is 19.7. The van der Waals surface area contributed by atoms with Crippen LogP contribution in [0, 0.1) is 5.82 Å². The van der Waals surface area contributed by atoms with Gasteiger partial charge in [-0.1, -0.05) is 60.7 Å². The Balaban J connectivity index is 1.80. The van der Waals surface area contributed by atoms with Crippen molar-refractivity contribution in [2.24, 2.45) is 0 Å². The van der Waals surface area contributed by atoms with Gasteiger partial charge in [0.1, 0.15) is 11.9 Å². The highest BCUT2D eigenvalue weighted by Gasteiger charge is 2.26. The molecule has 3 aromatic rings. The van der Waals surface area contributed by atoms with Crippen molar-refractivity contribution < 1.29 is 14.0 Å². The van der Waals surface area contributed by atoms with Crippen LogP contribution in [0.4, 0.5) is 4.39 Å². The van der Waals surface area contributed by atoms with Crippen LogP contribution in [0.3, 0.4) is 0 Å². The highest BCUT2D eigenvalue weighted by molar-refractivity contribution is 5.88. The molecule has 29 heavy (non-hydrogen) atoms. The van der Waals surface area contributed by atoms with Crippen molar-refractivity contribution >= 4 is 22.6 Å². The number of rotatable bonds is 7. The third-order valence-corrected chi connectivity index (χ3v) is 5.20. The van der Waals surface area contributed by atoms with E-state index < -0.39 is 6.04 Å². The number of hydrogen-bond acceptors (Lipinski definition) is 2. The van der Waals surface area contributed by atoms with Crippen LogP contribution in [-0.4, -0.2) is 29.8 Å². The molecule has 0 aliphatic heterocycles. The number of nitrogens with zero attached hydrogens (tertiary/aromatic N) is 1. The minimum atomic E-state index is -0.695. The molecule has 4 nitrogen and oxygen atoms in total. The fourth-order valence-corrected chi connectivity index (χ4v) is 3.50. The summed E-state index contributed by atoms with van der Waals surface area (Å²) in [5.41, 5.74) is 1.47. The van der Waals surface area contributed by atoms with Crippen LogP contribution in [0.2, 0.25) is 0 Å². The van der Waals surface area contributed by atoms with Gasteiger partial charge in [0, 0.05) is 25.6 Å². The van der Waals surface area contributed by atoms with Crippen LogP contribution >= 0.6 is 0 Å². The summed E-state index contributed by atoms with van der Waals surface area (Å²) in [4.78, 5) is 26.7. The Kier molecular flexibility index (Phi) is 6.60. The number of carbonyl (C=O) groups is 2. The molecule has 0 aliphatic carbocycles. The monoisotopic (exact) mass is 392 g/mol. The third kappa shape index (κ3) is 4.80. The van der Waals surface area contributed by atoms with E-state index in [1.807, 2.05) is 42.5 Å². The zero-order valence-electron chi connectivity index (χ0n) is 16.7. The number of likely N-dealkylation sites (N-methyl/N-ethyl adjacent to an activating group) is 1. The van der Waals surface area contributed by atoms with Gasteiger partial charge in [-0.05, 0) is 35.7 Å². The standard InChI is InChI=1S/C24H25FN2O2/c1-17(24(29)26-2)27(16-20-9-4-6-13-22(20)25)23(28)15-14-19-11-7-10-18-8-3-5-12-21(18)19/h3-13,17H,14-16H2,1-2H3,(H,26,29)/t17-/m1/s1. The summed E-state index contributed by atoms with van der Waals surface area (Å²) in [5.74, 6) is -0.847. The van der Waals surface area contributed by atoms with Gasteiger partial charge in [-0.15, -0.1) is 0 Å². The van der Waals surface area contributed by atoms with Crippen LogP contribution in [0.5, 0.6) is 0 Å². The smallest absolute Gasteiger partial charge is 0.242 e. The van der Waals surface area contributed by atoms with Crippen molar-refractivity contribution in [3.63, 3.8) is 0 Å². The van der Waals surface area contributed by atoms with E-state index in [0.29, 0.717) is 12.0 Å².